The molecule has 0 radical (unpaired) electrons. The van der Waals surface area contributed by atoms with Crippen molar-refractivity contribution in [2.45, 2.75) is 20.3 Å². The fourth-order valence-corrected chi connectivity index (χ4v) is 2.31. The zero-order chi connectivity index (χ0) is 16.3. The lowest BCUT2D eigenvalue weighted by molar-refractivity contribution is -0.141. The van der Waals surface area contributed by atoms with Crippen molar-refractivity contribution in [1.82, 2.24) is 4.90 Å². The Hall–Kier alpha value is -2.37. The van der Waals surface area contributed by atoms with Gasteiger partial charge in [0.15, 0.2) is 0 Å². The smallest absolute Gasteiger partial charge is 0.308 e. The average Bonchev–Trinajstić information content (AvgIpc) is 2.97. The van der Waals surface area contributed by atoms with E-state index in [1.807, 2.05) is 0 Å². The number of hydrogen-bond acceptors (Lipinski definition) is 3. The van der Waals surface area contributed by atoms with E-state index in [-0.39, 0.29) is 24.3 Å². The summed E-state index contributed by atoms with van der Waals surface area (Å²) in [5.74, 6) is -1.71. The Morgan fingerprint density at radius 1 is 1.23 bits per heavy atom. The number of aliphatic carboxylic acids is 1. The molecule has 1 fully saturated rings. The van der Waals surface area contributed by atoms with Crippen LogP contribution in [0.5, 0.6) is 0 Å². The van der Waals surface area contributed by atoms with Crippen molar-refractivity contribution in [1.29, 1.82) is 0 Å². The molecule has 118 valence electrons. The van der Waals surface area contributed by atoms with Crippen LogP contribution in [0.3, 0.4) is 0 Å². The van der Waals surface area contributed by atoms with Crippen molar-refractivity contribution in [3.05, 3.63) is 29.8 Å². The summed E-state index contributed by atoms with van der Waals surface area (Å²) in [7, 11) is 0. The van der Waals surface area contributed by atoms with Crippen molar-refractivity contribution in [2.24, 2.45) is 11.8 Å². The molecule has 1 atom stereocenters. The molecule has 1 aromatic carbocycles. The number of hydrogen-bond donors (Lipinski definition) is 2. The highest BCUT2D eigenvalue weighted by Crippen LogP contribution is 2.20. The SMILES string of the molecule is CC(C)C(=O)Nc1ccc(C(=O)N2CCC(C(=O)O)C2)cc1. The molecular weight excluding hydrogens is 284 g/mol. The lowest BCUT2D eigenvalue weighted by Crippen LogP contribution is -2.29. The minimum atomic E-state index is -0.859. The van der Waals surface area contributed by atoms with Crippen LogP contribution in [0.4, 0.5) is 5.69 Å². The summed E-state index contributed by atoms with van der Waals surface area (Å²) in [6, 6.07) is 6.65. The predicted octanol–water partition coefficient (Wildman–Crippen LogP) is 1.83. The molecular formula is C16H20N2O4. The van der Waals surface area contributed by atoms with Crippen LogP contribution in [0, 0.1) is 11.8 Å². The maximum Gasteiger partial charge on any atom is 0.308 e. The standard InChI is InChI=1S/C16H20N2O4/c1-10(2)14(19)17-13-5-3-11(4-6-13)15(20)18-8-7-12(9-18)16(21)22/h3-6,10,12H,7-9H2,1-2H3,(H,17,19)(H,21,22). The van der Waals surface area contributed by atoms with Gasteiger partial charge < -0.3 is 15.3 Å². The van der Waals surface area contributed by atoms with Gasteiger partial charge in [-0.3, -0.25) is 14.4 Å². The van der Waals surface area contributed by atoms with Crippen molar-refractivity contribution in [3.63, 3.8) is 0 Å². The minimum absolute atomic E-state index is 0.0806. The second-order valence-electron chi connectivity index (χ2n) is 5.80. The first-order valence-electron chi connectivity index (χ1n) is 7.31. The van der Waals surface area contributed by atoms with Gasteiger partial charge in [-0.25, -0.2) is 0 Å². The van der Waals surface area contributed by atoms with Crippen LogP contribution in [0.2, 0.25) is 0 Å². The number of carboxylic acid groups (broad SMARTS) is 1. The number of carbonyl (C=O) groups excluding carboxylic acids is 2. The number of amides is 2. The van der Waals surface area contributed by atoms with Gasteiger partial charge in [-0.05, 0) is 30.7 Å². The summed E-state index contributed by atoms with van der Waals surface area (Å²) in [6.45, 7) is 4.32. The van der Waals surface area contributed by atoms with E-state index < -0.39 is 11.9 Å². The Kier molecular flexibility index (Phi) is 4.80. The van der Waals surface area contributed by atoms with Gasteiger partial charge in [0.25, 0.3) is 5.91 Å². The van der Waals surface area contributed by atoms with Crippen LogP contribution in [0.25, 0.3) is 0 Å². The Bertz CT molecular complexity index is 580. The van der Waals surface area contributed by atoms with Crippen LogP contribution >= 0.6 is 0 Å². The third kappa shape index (κ3) is 3.63. The second-order valence-corrected chi connectivity index (χ2v) is 5.80. The molecule has 0 saturated carbocycles. The summed E-state index contributed by atoms with van der Waals surface area (Å²) in [5.41, 5.74) is 1.13. The Morgan fingerprint density at radius 3 is 2.36 bits per heavy atom. The van der Waals surface area contributed by atoms with Crippen LogP contribution in [-0.4, -0.2) is 40.9 Å². The fourth-order valence-electron chi connectivity index (χ4n) is 2.31. The van der Waals surface area contributed by atoms with Crippen molar-refractivity contribution in [3.8, 4) is 0 Å². The number of rotatable bonds is 4. The van der Waals surface area contributed by atoms with E-state index in [9.17, 15) is 14.4 Å². The van der Waals surface area contributed by atoms with Crippen LogP contribution in [-0.2, 0) is 9.59 Å². The first-order chi connectivity index (χ1) is 10.4. The largest absolute Gasteiger partial charge is 0.481 e. The molecule has 6 nitrogen and oxygen atoms in total. The van der Waals surface area contributed by atoms with Gasteiger partial charge in [0.2, 0.25) is 5.91 Å². The molecule has 1 aliphatic heterocycles. The van der Waals surface area contributed by atoms with Gasteiger partial charge >= 0.3 is 5.97 Å². The summed E-state index contributed by atoms with van der Waals surface area (Å²) < 4.78 is 0. The molecule has 0 spiro atoms. The molecule has 0 bridgehead atoms. The average molecular weight is 304 g/mol. The minimum Gasteiger partial charge on any atom is -0.481 e. The number of nitrogens with zero attached hydrogens (tertiary/aromatic N) is 1. The quantitative estimate of drug-likeness (QED) is 0.888. The maximum atomic E-state index is 12.3. The van der Waals surface area contributed by atoms with Crippen LogP contribution in [0.15, 0.2) is 24.3 Å². The molecule has 1 unspecified atom stereocenters. The van der Waals surface area contributed by atoms with E-state index in [0.717, 1.165) is 0 Å². The van der Waals surface area contributed by atoms with E-state index in [2.05, 4.69) is 5.32 Å². The normalized spacial score (nSPS) is 17.6. The topological polar surface area (TPSA) is 86.7 Å². The molecule has 1 aliphatic rings. The molecule has 0 aliphatic carbocycles. The van der Waals surface area contributed by atoms with E-state index in [4.69, 9.17) is 5.11 Å². The molecule has 6 heteroatoms. The molecule has 1 heterocycles. The van der Waals surface area contributed by atoms with Crippen LogP contribution < -0.4 is 5.32 Å². The van der Waals surface area contributed by atoms with Gasteiger partial charge in [0.05, 0.1) is 5.92 Å². The van der Waals surface area contributed by atoms with E-state index in [0.29, 0.717) is 24.2 Å². The number of carbonyl (C=O) groups is 3. The van der Waals surface area contributed by atoms with Gasteiger partial charge in [-0.2, -0.15) is 0 Å². The van der Waals surface area contributed by atoms with E-state index >= 15 is 0 Å². The summed E-state index contributed by atoms with van der Waals surface area (Å²) in [5, 5.41) is 11.7. The fraction of sp³-hybridized carbons (Fsp3) is 0.438. The number of anilines is 1. The Labute approximate surface area is 129 Å². The summed E-state index contributed by atoms with van der Waals surface area (Å²) in [6.07, 6.45) is 0.490. The van der Waals surface area contributed by atoms with Crippen molar-refractivity contribution < 1.29 is 19.5 Å². The third-order valence-electron chi connectivity index (χ3n) is 3.75. The number of likely N-dealkylation sites (tertiary alicyclic amines) is 1. The molecule has 2 N–H and O–H groups in total. The molecule has 2 rings (SSSR count). The van der Waals surface area contributed by atoms with Crippen molar-refractivity contribution in [2.75, 3.05) is 18.4 Å². The summed E-state index contributed by atoms with van der Waals surface area (Å²) >= 11 is 0. The lowest BCUT2D eigenvalue weighted by atomic mass is 10.1. The first-order valence-corrected chi connectivity index (χ1v) is 7.31. The molecule has 22 heavy (non-hydrogen) atoms. The molecule has 0 aromatic heterocycles. The molecule has 2 amide bonds. The third-order valence-corrected chi connectivity index (χ3v) is 3.75. The Morgan fingerprint density at radius 2 is 1.86 bits per heavy atom. The van der Waals surface area contributed by atoms with Crippen molar-refractivity contribution >= 4 is 23.5 Å². The zero-order valence-corrected chi connectivity index (χ0v) is 12.7. The molecule has 1 aromatic rings. The number of benzene rings is 1. The van der Waals surface area contributed by atoms with Crippen LogP contribution in [0.1, 0.15) is 30.6 Å². The van der Waals surface area contributed by atoms with Gasteiger partial charge in [0, 0.05) is 30.3 Å². The van der Waals surface area contributed by atoms with E-state index in [1.54, 1.807) is 43.0 Å². The highest BCUT2D eigenvalue weighted by molar-refractivity contribution is 5.96. The summed E-state index contributed by atoms with van der Waals surface area (Å²) in [4.78, 5) is 36.4. The van der Waals surface area contributed by atoms with E-state index in [1.165, 1.54) is 0 Å². The first kappa shape index (κ1) is 16.0. The van der Waals surface area contributed by atoms with Gasteiger partial charge in [-0.1, -0.05) is 13.8 Å². The zero-order valence-electron chi connectivity index (χ0n) is 12.7. The number of nitrogens with one attached hydrogen (secondary N) is 1. The highest BCUT2D eigenvalue weighted by atomic mass is 16.4. The Balaban J connectivity index is 2.00. The monoisotopic (exact) mass is 304 g/mol. The van der Waals surface area contributed by atoms with Gasteiger partial charge in [-0.15, -0.1) is 0 Å². The predicted molar refractivity (Wildman–Crippen MR) is 81.6 cm³/mol. The molecule has 1 saturated heterocycles. The van der Waals surface area contributed by atoms with Gasteiger partial charge in [0.1, 0.15) is 0 Å². The number of carboxylic acids is 1. The lowest BCUT2D eigenvalue weighted by Gasteiger charge is -2.16. The highest BCUT2D eigenvalue weighted by Gasteiger charge is 2.31. The maximum absolute atomic E-state index is 12.3. The second kappa shape index (κ2) is 6.60.